The summed E-state index contributed by atoms with van der Waals surface area (Å²) in [4.78, 5) is 27.1. The van der Waals surface area contributed by atoms with Crippen molar-refractivity contribution in [2.75, 3.05) is 6.61 Å². The summed E-state index contributed by atoms with van der Waals surface area (Å²) in [5, 5.41) is 4.38. The summed E-state index contributed by atoms with van der Waals surface area (Å²) < 4.78 is 15.4. The minimum atomic E-state index is -0.590. The van der Waals surface area contributed by atoms with Gasteiger partial charge in [-0.15, -0.1) is 0 Å². The van der Waals surface area contributed by atoms with Gasteiger partial charge in [0, 0.05) is 16.1 Å². The van der Waals surface area contributed by atoms with Gasteiger partial charge in [0.25, 0.3) is 5.89 Å². The highest BCUT2D eigenvalue weighted by atomic mass is 35.5. The molecular formula is C19H15ClN2O5. The lowest BCUT2D eigenvalue weighted by Crippen LogP contribution is -2.14. The smallest absolute Gasteiger partial charge is 0.344 e. The van der Waals surface area contributed by atoms with Crippen LogP contribution in [0.5, 0.6) is 5.75 Å². The number of rotatable bonds is 7. The van der Waals surface area contributed by atoms with Crippen LogP contribution in [0, 0.1) is 0 Å². The lowest BCUT2D eigenvalue weighted by molar-refractivity contribution is -0.148. The zero-order valence-corrected chi connectivity index (χ0v) is 15.1. The number of carbonyl (C=O) groups is 2. The molecular weight excluding hydrogens is 372 g/mol. The van der Waals surface area contributed by atoms with Crippen molar-refractivity contribution in [1.82, 2.24) is 10.1 Å². The van der Waals surface area contributed by atoms with Crippen LogP contribution in [0.15, 0.2) is 53.1 Å². The van der Waals surface area contributed by atoms with Gasteiger partial charge >= 0.3 is 5.97 Å². The summed E-state index contributed by atoms with van der Waals surface area (Å²) in [7, 11) is 0. The van der Waals surface area contributed by atoms with Crippen LogP contribution in [0.3, 0.4) is 0 Å². The first-order chi connectivity index (χ1) is 13.0. The minimum Gasteiger partial charge on any atom is -0.482 e. The number of ether oxygens (including phenoxy) is 2. The van der Waals surface area contributed by atoms with E-state index >= 15 is 0 Å². The largest absolute Gasteiger partial charge is 0.482 e. The molecule has 0 atom stereocenters. The maximum atomic E-state index is 11.8. The molecule has 0 fully saturated rings. The van der Waals surface area contributed by atoms with E-state index in [1.54, 1.807) is 48.5 Å². The van der Waals surface area contributed by atoms with E-state index in [0.717, 1.165) is 0 Å². The van der Waals surface area contributed by atoms with Crippen molar-refractivity contribution in [3.8, 4) is 17.1 Å². The number of Topliss-reactive ketones (excluding diaryl/α,β-unsaturated/α-hetero) is 1. The van der Waals surface area contributed by atoms with Gasteiger partial charge in [-0.2, -0.15) is 4.98 Å². The van der Waals surface area contributed by atoms with E-state index < -0.39 is 5.97 Å². The second-order valence-electron chi connectivity index (χ2n) is 5.55. The van der Waals surface area contributed by atoms with E-state index in [9.17, 15) is 9.59 Å². The molecule has 0 aliphatic carbocycles. The number of hydrogen-bond acceptors (Lipinski definition) is 7. The van der Waals surface area contributed by atoms with Gasteiger partial charge in [0.15, 0.2) is 19.0 Å². The van der Waals surface area contributed by atoms with Crippen LogP contribution >= 0.6 is 11.6 Å². The molecule has 0 aliphatic heterocycles. The molecule has 0 saturated carbocycles. The maximum Gasteiger partial charge on any atom is 0.344 e. The van der Waals surface area contributed by atoms with Crippen LogP contribution < -0.4 is 4.74 Å². The lowest BCUT2D eigenvalue weighted by atomic mass is 10.1. The molecule has 0 radical (unpaired) electrons. The van der Waals surface area contributed by atoms with Crippen LogP contribution in [-0.2, 0) is 16.1 Å². The Morgan fingerprint density at radius 1 is 1.15 bits per heavy atom. The fraction of sp³-hybridized carbons (Fsp3) is 0.158. The van der Waals surface area contributed by atoms with Crippen molar-refractivity contribution in [3.05, 3.63) is 65.0 Å². The molecule has 27 heavy (non-hydrogen) atoms. The maximum absolute atomic E-state index is 11.8. The highest BCUT2D eigenvalue weighted by Gasteiger charge is 2.12. The fourth-order valence-electron chi connectivity index (χ4n) is 2.17. The third-order valence-corrected chi connectivity index (χ3v) is 3.76. The van der Waals surface area contributed by atoms with Crippen LogP contribution in [0.4, 0.5) is 0 Å². The van der Waals surface area contributed by atoms with Crippen LogP contribution in [-0.4, -0.2) is 28.5 Å². The Morgan fingerprint density at radius 2 is 1.93 bits per heavy atom. The standard InChI is InChI=1S/C19H15ClN2O5/c1-12(23)13-5-7-16(8-6-13)25-11-18(24)26-10-17-21-19(22-27-17)14-3-2-4-15(20)9-14/h2-9H,10-11H2,1H3. The minimum absolute atomic E-state index is 0.0438. The molecule has 3 aromatic rings. The quantitative estimate of drug-likeness (QED) is 0.451. The Labute approximate surface area is 159 Å². The molecule has 3 rings (SSSR count). The summed E-state index contributed by atoms with van der Waals surface area (Å²) in [5.74, 6) is 0.332. The number of halogens is 1. The summed E-state index contributed by atoms with van der Waals surface area (Å²) in [5.41, 5.74) is 1.26. The number of ketones is 1. The van der Waals surface area contributed by atoms with E-state index in [0.29, 0.717) is 27.7 Å². The zero-order chi connectivity index (χ0) is 19.2. The molecule has 0 aliphatic rings. The summed E-state index contributed by atoms with van der Waals surface area (Å²) in [6, 6.07) is 13.5. The number of aromatic nitrogens is 2. The topological polar surface area (TPSA) is 91.5 Å². The Morgan fingerprint density at radius 3 is 2.63 bits per heavy atom. The van der Waals surface area contributed by atoms with Crippen molar-refractivity contribution in [3.63, 3.8) is 0 Å². The van der Waals surface area contributed by atoms with E-state index in [1.165, 1.54) is 6.92 Å². The number of esters is 1. The molecule has 138 valence electrons. The van der Waals surface area contributed by atoms with Crippen LogP contribution in [0.2, 0.25) is 5.02 Å². The monoisotopic (exact) mass is 386 g/mol. The molecule has 0 N–H and O–H groups in total. The molecule has 8 heteroatoms. The second-order valence-corrected chi connectivity index (χ2v) is 5.99. The van der Waals surface area contributed by atoms with Crippen molar-refractivity contribution in [2.45, 2.75) is 13.5 Å². The Kier molecular flexibility index (Phi) is 5.83. The third-order valence-electron chi connectivity index (χ3n) is 3.53. The van der Waals surface area contributed by atoms with Gasteiger partial charge in [0.2, 0.25) is 5.82 Å². The molecule has 0 spiro atoms. The highest BCUT2D eigenvalue weighted by Crippen LogP contribution is 2.20. The second kappa shape index (κ2) is 8.46. The van der Waals surface area contributed by atoms with Gasteiger partial charge in [-0.25, -0.2) is 4.79 Å². The lowest BCUT2D eigenvalue weighted by Gasteiger charge is -2.06. The van der Waals surface area contributed by atoms with Gasteiger partial charge in [0.05, 0.1) is 0 Å². The Bertz CT molecular complexity index is 953. The highest BCUT2D eigenvalue weighted by molar-refractivity contribution is 6.30. The number of nitrogens with zero attached hydrogens (tertiary/aromatic N) is 2. The number of carbonyl (C=O) groups excluding carboxylic acids is 2. The fourth-order valence-corrected chi connectivity index (χ4v) is 2.36. The molecule has 0 saturated heterocycles. The van der Waals surface area contributed by atoms with Crippen molar-refractivity contribution < 1.29 is 23.6 Å². The molecule has 7 nitrogen and oxygen atoms in total. The number of hydrogen-bond donors (Lipinski definition) is 0. The molecule has 0 bridgehead atoms. The molecule has 2 aromatic carbocycles. The average Bonchev–Trinajstić information content (AvgIpc) is 3.14. The van der Waals surface area contributed by atoms with Crippen molar-refractivity contribution in [1.29, 1.82) is 0 Å². The van der Waals surface area contributed by atoms with Gasteiger partial charge in [0.1, 0.15) is 5.75 Å². The molecule has 1 heterocycles. The molecule has 0 unspecified atom stereocenters. The van der Waals surface area contributed by atoms with Crippen molar-refractivity contribution >= 4 is 23.4 Å². The first-order valence-electron chi connectivity index (χ1n) is 7.99. The van der Waals surface area contributed by atoms with Crippen molar-refractivity contribution in [2.24, 2.45) is 0 Å². The Hall–Kier alpha value is -3.19. The molecule has 1 aromatic heterocycles. The van der Waals surface area contributed by atoms with Gasteiger partial charge in [-0.1, -0.05) is 28.9 Å². The predicted octanol–water partition coefficient (Wildman–Crippen LogP) is 3.71. The normalized spacial score (nSPS) is 10.4. The zero-order valence-electron chi connectivity index (χ0n) is 14.3. The summed E-state index contributed by atoms with van der Waals surface area (Å²) >= 11 is 5.93. The van der Waals surface area contributed by atoms with Gasteiger partial charge < -0.3 is 14.0 Å². The van der Waals surface area contributed by atoms with E-state index in [2.05, 4.69) is 10.1 Å². The number of benzene rings is 2. The van der Waals surface area contributed by atoms with E-state index in [4.69, 9.17) is 25.6 Å². The first kappa shape index (κ1) is 18.6. The van der Waals surface area contributed by atoms with E-state index in [1.807, 2.05) is 0 Å². The predicted molar refractivity (Wildman–Crippen MR) is 96.5 cm³/mol. The van der Waals surface area contributed by atoms with Crippen LogP contribution in [0.25, 0.3) is 11.4 Å². The average molecular weight is 387 g/mol. The SMILES string of the molecule is CC(=O)c1ccc(OCC(=O)OCc2nc(-c3cccc(Cl)c3)no2)cc1. The first-order valence-corrected chi connectivity index (χ1v) is 8.37. The Balaban J connectivity index is 1.48. The summed E-state index contributed by atoms with van der Waals surface area (Å²) in [6.45, 7) is 1.02. The van der Waals surface area contributed by atoms with E-state index in [-0.39, 0.29) is 24.9 Å². The van der Waals surface area contributed by atoms with Crippen LogP contribution in [0.1, 0.15) is 23.2 Å². The van der Waals surface area contributed by atoms with Gasteiger partial charge in [-0.3, -0.25) is 4.79 Å². The molecule has 0 amide bonds. The summed E-state index contributed by atoms with van der Waals surface area (Å²) in [6.07, 6.45) is 0. The third kappa shape index (κ3) is 5.15. The van der Waals surface area contributed by atoms with Gasteiger partial charge in [-0.05, 0) is 43.3 Å².